The summed E-state index contributed by atoms with van der Waals surface area (Å²) in [6, 6.07) is 11.1. The van der Waals surface area contributed by atoms with Crippen LogP contribution in [0.5, 0.6) is 11.5 Å². The van der Waals surface area contributed by atoms with Gasteiger partial charge in [0.25, 0.3) is 0 Å². The number of hydrogen-bond acceptors (Lipinski definition) is 2. The number of rotatable bonds is 2. The van der Waals surface area contributed by atoms with Crippen molar-refractivity contribution in [3.8, 4) is 22.6 Å². The first-order valence-corrected chi connectivity index (χ1v) is 8.78. The van der Waals surface area contributed by atoms with Crippen LogP contribution in [0.25, 0.3) is 11.1 Å². The molecule has 2 nitrogen and oxygen atoms in total. The second kappa shape index (κ2) is 8.05. The van der Waals surface area contributed by atoms with Crippen LogP contribution in [0.4, 0.5) is 0 Å². The lowest BCUT2D eigenvalue weighted by Gasteiger charge is -2.24. The van der Waals surface area contributed by atoms with Crippen molar-refractivity contribution in [1.82, 2.24) is 0 Å². The molecule has 2 heteroatoms. The van der Waals surface area contributed by atoms with Gasteiger partial charge in [-0.25, -0.2) is 0 Å². The van der Waals surface area contributed by atoms with Crippen LogP contribution in [-0.4, -0.2) is 10.2 Å². The Bertz CT molecular complexity index is 640. The van der Waals surface area contributed by atoms with E-state index in [9.17, 15) is 10.2 Å². The van der Waals surface area contributed by atoms with Crippen LogP contribution in [0, 0.1) is 6.92 Å². The minimum absolute atomic E-state index is 0.214. The van der Waals surface area contributed by atoms with Crippen molar-refractivity contribution in [2.75, 3.05) is 0 Å². The number of benzene rings is 2. The average Bonchev–Trinajstić information content (AvgIpc) is 2.59. The molecule has 2 aromatic rings. The lowest BCUT2D eigenvalue weighted by Crippen LogP contribution is -2.06. The molecule has 0 bridgehead atoms. The Labute approximate surface area is 139 Å². The molecule has 124 valence electrons. The SMILES string of the molecule is CC.Cc1cc(O)c(-c2ccccc2O)cc1C1CCCCC1. The fourth-order valence-electron chi connectivity index (χ4n) is 3.48. The lowest BCUT2D eigenvalue weighted by atomic mass is 9.81. The maximum atomic E-state index is 10.3. The second-order valence-electron chi connectivity index (χ2n) is 6.08. The smallest absolute Gasteiger partial charge is 0.123 e. The average molecular weight is 312 g/mol. The first kappa shape index (κ1) is 17.4. The summed E-state index contributed by atoms with van der Waals surface area (Å²) in [5.41, 5.74) is 3.91. The van der Waals surface area contributed by atoms with Crippen molar-refractivity contribution in [2.24, 2.45) is 0 Å². The fourth-order valence-corrected chi connectivity index (χ4v) is 3.48. The van der Waals surface area contributed by atoms with E-state index in [1.807, 2.05) is 32.0 Å². The van der Waals surface area contributed by atoms with E-state index >= 15 is 0 Å². The Morgan fingerprint density at radius 2 is 1.48 bits per heavy atom. The fraction of sp³-hybridized carbons (Fsp3) is 0.429. The van der Waals surface area contributed by atoms with Crippen LogP contribution < -0.4 is 0 Å². The molecule has 0 heterocycles. The van der Waals surface area contributed by atoms with E-state index < -0.39 is 0 Å². The number of para-hydroxylation sites is 1. The van der Waals surface area contributed by atoms with Crippen molar-refractivity contribution >= 4 is 0 Å². The predicted octanol–water partition coefficient (Wildman–Crippen LogP) is 6.15. The highest BCUT2D eigenvalue weighted by atomic mass is 16.3. The summed E-state index contributed by atoms with van der Waals surface area (Å²) in [5.74, 6) is 1.05. The summed E-state index contributed by atoms with van der Waals surface area (Å²) in [5, 5.41) is 20.3. The van der Waals surface area contributed by atoms with Crippen molar-refractivity contribution in [1.29, 1.82) is 0 Å². The number of aryl methyl sites for hydroxylation is 1. The quantitative estimate of drug-likeness (QED) is 0.698. The molecule has 0 saturated heterocycles. The molecule has 0 aliphatic heterocycles. The molecular formula is C21H28O2. The highest BCUT2D eigenvalue weighted by Gasteiger charge is 2.20. The minimum atomic E-state index is 0.214. The van der Waals surface area contributed by atoms with E-state index in [0.717, 1.165) is 11.1 Å². The van der Waals surface area contributed by atoms with E-state index in [1.54, 1.807) is 12.1 Å². The maximum Gasteiger partial charge on any atom is 0.123 e. The van der Waals surface area contributed by atoms with Gasteiger partial charge in [0.05, 0.1) is 0 Å². The Morgan fingerprint density at radius 1 is 0.826 bits per heavy atom. The largest absolute Gasteiger partial charge is 0.507 e. The third-order valence-electron chi connectivity index (χ3n) is 4.62. The van der Waals surface area contributed by atoms with Gasteiger partial charge >= 0.3 is 0 Å². The normalized spacial score (nSPS) is 14.9. The molecule has 0 radical (unpaired) electrons. The number of aromatic hydroxyl groups is 2. The van der Waals surface area contributed by atoms with Gasteiger partial charge in [-0.3, -0.25) is 0 Å². The summed E-state index contributed by atoms with van der Waals surface area (Å²) in [6.07, 6.45) is 6.37. The second-order valence-corrected chi connectivity index (χ2v) is 6.08. The van der Waals surface area contributed by atoms with Gasteiger partial charge in [-0.1, -0.05) is 51.3 Å². The van der Waals surface area contributed by atoms with Gasteiger partial charge in [-0.05, 0) is 55.0 Å². The molecular weight excluding hydrogens is 284 g/mol. The van der Waals surface area contributed by atoms with Crippen molar-refractivity contribution in [3.05, 3.63) is 47.5 Å². The Hall–Kier alpha value is -1.96. The minimum Gasteiger partial charge on any atom is -0.507 e. The van der Waals surface area contributed by atoms with Crippen molar-refractivity contribution < 1.29 is 10.2 Å². The van der Waals surface area contributed by atoms with E-state index in [1.165, 1.54) is 37.7 Å². The van der Waals surface area contributed by atoms with Crippen LogP contribution >= 0.6 is 0 Å². The summed E-state index contributed by atoms with van der Waals surface area (Å²) in [4.78, 5) is 0. The van der Waals surface area contributed by atoms with E-state index in [0.29, 0.717) is 11.5 Å². The number of hydrogen-bond donors (Lipinski definition) is 2. The molecule has 2 N–H and O–H groups in total. The van der Waals surface area contributed by atoms with Gasteiger partial charge in [0.2, 0.25) is 0 Å². The molecule has 3 rings (SSSR count). The van der Waals surface area contributed by atoms with Crippen molar-refractivity contribution in [2.45, 2.75) is 58.8 Å². The molecule has 0 amide bonds. The molecule has 1 fully saturated rings. The molecule has 0 atom stereocenters. The topological polar surface area (TPSA) is 40.5 Å². The Morgan fingerprint density at radius 3 is 2.13 bits per heavy atom. The van der Waals surface area contributed by atoms with Gasteiger partial charge in [0.15, 0.2) is 0 Å². The van der Waals surface area contributed by atoms with Gasteiger partial charge in [-0.2, -0.15) is 0 Å². The monoisotopic (exact) mass is 312 g/mol. The standard InChI is InChI=1S/C19H22O2.C2H6/c1-13-11-19(21)17(15-9-5-6-10-18(15)20)12-16(13)14-7-3-2-4-8-14;1-2/h5-6,9-12,14,20-21H,2-4,7-8H2,1H3;1-2H3. The Balaban J connectivity index is 0.000000924. The zero-order valence-electron chi connectivity index (χ0n) is 14.5. The van der Waals surface area contributed by atoms with Gasteiger partial charge < -0.3 is 10.2 Å². The van der Waals surface area contributed by atoms with Gasteiger partial charge in [0.1, 0.15) is 11.5 Å². The zero-order chi connectivity index (χ0) is 16.8. The molecule has 1 saturated carbocycles. The molecule has 0 unspecified atom stereocenters. The molecule has 23 heavy (non-hydrogen) atoms. The summed E-state index contributed by atoms with van der Waals surface area (Å²) >= 11 is 0. The van der Waals surface area contributed by atoms with Crippen molar-refractivity contribution in [3.63, 3.8) is 0 Å². The molecule has 1 aliphatic carbocycles. The predicted molar refractivity (Wildman–Crippen MR) is 97.1 cm³/mol. The first-order valence-electron chi connectivity index (χ1n) is 8.78. The molecule has 0 spiro atoms. The van der Waals surface area contributed by atoms with Crippen LogP contribution in [0.3, 0.4) is 0 Å². The van der Waals surface area contributed by atoms with Crippen LogP contribution in [0.15, 0.2) is 36.4 Å². The maximum absolute atomic E-state index is 10.3. The third kappa shape index (κ3) is 3.87. The van der Waals surface area contributed by atoms with E-state index in [-0.39, 0.29) is 11.5 Å². The van der Waals surface area contributed by atoms with Crippen LogP contribution in [0.1, 0.15) is 63.0 Å². The summed E-state index contributed by atoms with van der Waals surface area (Å²) in [6.45, 7) is 6.07. The van der Waals surface area contributed by atoms with Gasteiger partial charge in [-0.15, -0.1) is 0 Å². The highest BCUT2D eigenvalue weighted by Crippen LogP contribution is 2.41. The van der Waals surface area contributed by atoms with Gasteiger partial charge in [0, 0.05) is 11.1 Å². The van der Waals surface area contributed by atoms with Crippen LogP contribution in [0.2, 0.25) is 0 Å². The lowest BCUT2D eigenvalue weighted by molar-refractivity contribution is 0.440. The summed E-state index contributed by atoms with van der Waals surface area (Å²) < 4.78 is 0. The zero-order valence-corrected chi connectivity index (χ0v) is 14.5. The highest BCUT2D eigenvalue weighted by molar-refractivity contribution is 5.76. The Kier molecular flexibility index (Phi) is 6.09. The summed E-state index contributed by atoms with van der Waals surface area (Å²) in [7, 11) is 0. The first-order chi connectivity index (χ1) is 11.2. The van der Waals surface area contributed by atoms with E-state index in [2.05, 4.69) is 13.0 Å². The number of phenols is 2. The van der Waals surface area contributed by atoms with E-state index in [4.69, 9.17) is 0 Å². The molecule has 2 aromatic carbocycles. The number of phenolic OH excluding ortho intramolecular Hbond substituents is 2. The molecule has 1 aliphatic rings. The van der Waals surface area contributed by atoms with Crippen LogP contribution in [-0.2, 0) is 0 Å². The third-order valence-corrected chi connectivity index (χ3v) is 4.62. The molecule has 0 aromatic heterocycles.